The molecule has 0 radical (unpaired) electrons. The summed E-state index contributed by atoms with van der Waals surface area (Å²) in [4.78, 5) is 26.1. The Balaban J connectivity index is 1.68. The first-order chi connectivity index (χ1) is 10.7. The Labute approximate surface area is 135 Å². The van der Waals surface area contributed by atoms with E-state index in [2.05, 4.69) is 5.32 Å². The summed E-state index contributed by atoms with van der Waals surface area (Å²) in [5, 5.41) is 2.84. The Kier molecular flexibility index (Phi) is 7.20. The maximum atomic E-state index is 12.3. The zero-order valence-corrected chi connectivity index (χ0v) is 14.1. The van der Waals surface area contributed by atoms with E-state index in [1.54, 1.807) is 0 Å². The summed E-state index contributed by atoms with van der Waals surface area (Å²) in [5.74, 6) is 0.641. The van der Waals surface area contributed by atoms with Crippen LogP contribution in [0.1, 0.15) is 77.0 Å². The predicted molar refractivity (Wildman–Crippen MR) is 88.5 cm³/mol. The number of carbonyl (C=O) groups excluding carboxylic acids is 2. The van der Waals surface area contributed by atoms with Gasteiger partial charge in [-0.25, -0.2) is 0 Å². The molecule has 2 fully saturated rings. The summed E-state index contributed by atoms with van der Waals surface area (Å²) in [6, 6.07) is 0.366. The fourth-order valence-corrected chi connectivity index (χ4v) is 3.87. The van der Waals surface area contributed by atoms with Crippen LogP contribution in [0.15, 0.2) is 0 Å². The SMILES string of the molecule is CN(C(=O)CNC(=O)CC1CCCCC1)C1CCCCCC1. The van der Waals surface area contributed by atoms with Gasteiger partial charge in [0.25, 0.3) is 0 Å². The van der Waals surface area contributed by atoms with Gasteiger partial charge >= 0.3 is 0 Å². The van der Waals surface area contributed by atoms with E-state index in [4.69, 9.17) is 0 Å². The highest BCUT2D eigenvalue weighted by Gasteiger charge is 2.22. The maximum absolute atomic E-state index is 12.3. The van der Waals surface area contributed by atoms with Gasteiger partial charge in [0, 0.05) is 19.5 Å². The molecule has 2 aliphatic rings. The van der Waals surface area contributed by atoms with E-state index < -0.39 is 0 Å². The van der Waals surface area contributed by atoms with Crippen molar-refractivity contribution in [1.82, 2.24) is 10.2 Å². The predicted octanol–water partition coefficient (Wildman–Crippen LogP) is 3.25. The van der Waals surface area contributed by atoms with Crippen molar-refractivity contribution in [2.24, 2.45) is 5.92 Å². The second-order valence-corrected chi connectivity index (χ2v) is 7.13. The minimum Gasteiger partial charge on any atom is -0.347 e. The van der Waals surface area contributed by atoms with E-state index in [9.17, 15) is 9.59 Å². The molecule has 2 aliphatic carbocycles. The average molecular weight is 308 g/mol. The van der Waals surface area contributed by atoms with E-state index in [-0.39, 0.29) is 18.4 Å². The Bertz CT molecular complexity index is 356. The lowest BCUT2D eigenvalue weighted by molar-refractivity contribution is -0.134. The fraction of sp³-hybridized carbons (Fsp3) is 0.889. The van der Waals surface area contributed by atoms with Gasteiger partial charge in [-0.1, -0.05) is 44.9 Å². The minimum atomic E-state index is 0.0505. The molecule has 2 saturated carbocycles. The second kappa shape index (κ2) is 9.16. The number of amides is 2. The number of nitrogens with one attached hydrogen (secondary N) is 1. The summed E-state index contributed by atoms with van der Waals surface area (Å²) in [6.45, 7) is 0.165. The lowest BCUT2D eigenvalue weighted by Gasteiger charge is -2.27. The van der Waals surface area contributed by atoms with Crippen LogP contribution in [0.5, 0.6) is 0 Å². The third kappa shape index (κ3) is 5.62. The molecular formula is C18H32N2O2. The van der Waals surface area contributed by atoms with Crippen molar-refractivity contribution in [3.8, 4) is 0 Å². The summed E-state index contributed by atoms with van der Waals surface area (Å²) < 4.78 is 0. The number of hydrogen-bond donors (Lipinski definition) is 1. The second-order valence-electron chi connectivity index (χ2n) is 7.13. The van der Waals surface area contributed by atoms with Crippen LogP contribution in [-0.4, -0.2) is 36.3 Å². The molecule has 0 aromatic heterocycles. The highest BCUT2D eigenvalue weighted by Crippen LogP contribution is 2.26. The maximum Gasteiger partial charge on any atom is 0.241 e. The van der Waals surface area contributed by atoms with E-state index in [0.29, 0.717) is 18.4 Å². The minimum absolute atomic E-state index is 0.0505. The van der Waals surface area contributed by atoms with Gasteiger partial charge < -0.3 is 10.2 Å². The van der Waals surface area contributed by atoms with Gasteiger partial charge in [0.1, 0.15) is 0 Å². The van der Waals surface area contributed by atoms with Crippen LogP contribution < -0.4 is 5.32 Å². The first-order valence-corrected chi connectivity index (χ1v) is 9.19. The summed E-state index contributed by atoms with van der Waals surface area (Å²) in [7, 11) is 1.89. The molecule has 0 heterocycles. The van der Waals surface area contributed by atoms with Crippen LogP contribution in [0.3, 0.4) is 0 Å². The van der Waals surface area contributed by atoms with Crippen LogP contribution >= 0.6 is 0 Å². The Hall–Kier alpha value is -1.06. The molecule has 0 saturated heterocycles. The number of hydrogen-bond acceptors (Lipinski definition) is 2. The molecule has 0 atom stereocenters. The number of likely N-dealkylation sites (N-methyl/N-ethyl adjacent to an activating group) is 1. The molecule has 0 bridgehead atoms. The summed E-state index contributed by atoms with van der Waals surface area (Å²) in [5.41, 5.74) is 0. The van der Waals surface area contributed by atoms with E-state index >= 15 is 0 Å². The lowest BCUT2D eigenvalue weighted by atomic mass is 9.87. The number of carbonyl (C=O) groups is 2. The van der Waals surface area contributed by atoms with Crippen LogP contribution in [-0.2, 0) is 9.59 Å². The van der Waals surface area contributed by atoms with Crippen molar-refractivity contribution in [2.45, 2.75) is 83.1 Å². The summed E-state index contributed by atoms with van der Waals surface area (Å²) in [6.07, 6.45) is 14.0. The summed E-state index contributed by atoms with van der Waals surface area (Å²) >= 11 is 0. The molecule has 0 aromatic rings. The van der Waals surface area contributed by atoms with Crippen molar-refractivity contribution < 1.29 is 9.59 Å². The molecule has 0 spiro atoms. The van der Waals surface area contributed by atoms with Crippen molar-refractivity contribution >= 4 is 11.8 Å². The topological polar surface area (TPSA) is 49.4 Å². The first kappa shape index (κ1) is 17.3. The van der Waals surface area contributed by atoms with Gasteiger partial charge in [0.2, 0.25) is 11.8 Å². The molecule has 1 N–H and O–H groups in total. The van der Waals surface area contributed by atoms with Gasteiger partial charge in [-0.15, -0.1) is 0 Å². The third-order valence-electron chi connectivity index (χ3n) is 5.40. The van der Waals surface area contributed by atoms with Gasteiger partial charge in [0.15, 0.2) is 0 Å². The molecule has 126 valence electrons. The van der Waals surface area contributed by atoms with E-state index in [0.717, 1.165) is 12.8 Å². The molecule has 22 heavy (non-hydrogen) atoms. The lowest BCUT2D eigenvalue weighted by Crippen LogP contribution is -2.43. The third-order valence-corrected chi connectivity index (χ3v) is 5.40. The molecule has 0 aliphatic heterocycles. The Morgan fingerprint density at radius 1 is 0.909 bits per heavy atom. The quantitative estimate of drug-likeness (QED) is 0.793. The molecule has 2 amide bonds. The first-order valence-electron chi connectivity index (χ1n) is 9.19. The number of rotatable bonds is 5. The molecule has 0 aromatic carbocycles. The van der Waals surface area contributed by atoms with Crippen LogP contribution in [0, 0.1) is 5.92 Å². The van der Waals surface area contributed by atoms with Gasteiger partial charge in [0.05, 0.1) is 6.54 Å². The largest absolute Gasteiger partial charge is 0.347 e. The zero-order valence-electron chi connectivity index (χ0n) is 14.1. The van der Waals surface area contributed by atoms with Crippen LogP contribution in [0.4, 0.5) is 0 Å². The Morgan fingerprint density at radius 3 is 2.09 bits per heavy atom. The molecule has 4 heteroatoms. The molecular weight excluding hydrogens is 276 g/mol. The normalized spacial score (nSPS) is 21.1. The number of nitrogens with zero attached hydrogens (tertiary/aromatic N) is 1. The van der Waals surface area contributed by atoms with Crippen LogP contribution in [0.2, 0.25) is 0 Å². The highest BCUT2D eigenvalue weighted by atomic mass is 16.2. The van der Waals surface area contributed by atoms with E-state index in [1.807, 2.05) is 11.9 Å². The van der Waals surface area contributed by atoms with Gasteiger partial charge in [-0.2, -0.15) is 0 Å². The van der Waals surface area contributed by atoms with Crippen molar-refractivity contribution in [3.63, 3.8) is 0 Å². The standard InChI is InChI=1S/C18H32N2O2/c1-20(16-11-7-2-3-8-12-16)18(22)14-19-17(21)13-15-9-5-4-6-10-15/h15-16H,2-14H2,1H3,(H,19,21). The van der Waals surface area contributed by atoms with Crippen molar-refractivity contribution in [3.05, 3.63) is 0 Å². The molecule has 2 rings (SSSR count). The van der Waals surface area contributed by atoms with E-state index in [1.165, 1.54) is 57.8 Å². The highest BCUT2D eigenvalue weighted by molar-refractivity contribution is 5.84. The van der Waals surface area contributed by atoms with Crippen molar-refractivity contribution in [1.29, 1.82) is 0 Å². The van der Waals surface area contributed by atoms with Crippen molar-refractivity contribution in [2.75, 3.05) is 13.6 Å². The zero-order chi connectivity index (χ0) is 15.8. The molecule has 0 unspecified atom stereocenters. The Morgan fingerprint density at radius 2 is 1.45 bits per heavy atom. The smallest absolute Gasteiger partial charge is 0.241 e. The molecule has 4 nitrogen and oxygen atoms in total. The van der Waals surface area contributed by atoms with Gasteiger partial charge in [-0.3, -0.25) is 9.59 Å². The average Bonchev–Trinajstić information content (AvgIpc) is 2.82. The van der Waals surface area contributed by atoms with Crippen LogP contribution in [0.25, 0.3) is 0 Å². The monoisotopic (exact) mass is 308 g/mol. The van der Waals surface area contributed by atoms with Gasteiger partial charge in [-0.05, 0) is 31.6 Å². The fourth-order valence-electron chi connectivity index (χ4n) is 3.87.